The second-order valence-corrected chi connectivity index (χ2v) is 6.43. The zero-order valence-electron chi connectivity index (χ0n) is 12.9. The number of hydrogen-bond acceptors (Lipinski definition) is 2. The minimum atomic E-state index is 0.215. The van der Waals surface area contributed by atoms with E-state index in [2.05, 4.69) is 74.0 Å². The largest absolute Gasteiger partial charge is 0.369 e. The monoisotopic (exact) mass is 270 g/mol. The molecule has 0 unspecified atom stereocenters. The summed E-state index contributed by atoms with van der Waals surface area (Å²) >= 11 is 0. The van der Waals surface area contributed by atoms with Gasteiger partial charge in [0.1, 0.15) is 0 Å². The minimum absolute atomic E-state index is 0.215. The summed E-state index contributed by atoms with van der Waals surface area (Å²) in [5, 5.41) is 3.36. The van der Waals surface area contributed by atoms with Crippen molar-refractivity contribution in [2.24, 2.45) is 0 Å². The molecule has 1 aliphatic heterocycles. The van der Waals surface area contributed by atoms with Crippen LogP contribution >= 0.6 is 0 Å². The number of benzene rings is 1. The molecule has 2 heteroatoms. The van der Waals surface area contributed by atoms with E-state index in [1.165, 1.54) is 11.1 Å². The molecule has 1 saturated heterocycles. The van der Waals surface area contributed by atoms with E-state index in [-0.39, 0.29) is 5.41 Å². The van der Waals surface area contributed by atoms with Crippen molar-refractivity contribution in [2.45, 2.75) is 26.2 Å². The SMILES string of the molecule is C=C(/C=C/c1ccc(C(C)(C)C)cc1)N1CCNCC1. The van der Waals surface area contributed by atoms with Crippen LogP contribution < -0.4 is 5.32 Å². The Balaban J connectivity index is 1.98. The molecule has 1 fully saturated rings. The van der Waals surface area contributed by atoms with Gasteiger partial charge in [0.2, 0.25) is 0 Å². The minimum Gasteiger partial charge on any atom is -0.369 e. The summed E-state index contributed by atoms with van der Waals surface area (Å²) in [7, 11) is 0. The van der Waals surface area contributed by atoms with E-state index >= 15 is 0 Å². The zero-order chi connectivity index (χ0) is 14.6. The van der Waals surface area contributed by atoms with Gasteiger partial charge in [-0.05, 0) is 22.6 Å². The van der Waals surface area contributed by atoms with Crippen LogP contribution in [0.4, 0.5) is 0 Å². The van der Waals surface area contributed by atoms with Crippen LogP contribution in [0.3, 0.4) is 0 Å². The molecule has 1 aliphatic rings. The van der Waals surface area contributed by atoms with Gasteiger partial charge in [0.05, 0.1) is 0 Å². The molecule has 0 aromatic heterocycles. The van der Waals surface area contributed by atoms with Gasteiger partial charge in [-0.25, -0.2) is 0 Å². The van der Waals surface area contributed by atoms with Crippen molar-refractivity contribution >= 4 is 6.08 Å². The molecular weight excluding hydrogens is 244 g/mol. The number of allylic oxidation sites excluding steroid dienone is 1. The predicted molar refractivity (Wildman–Crippen MR) is 87.8 cm³/mol. The third-order valence-electron chi connectivity index (χ3n) is 3.77. The molecule has 0 aliphatic carbocycles. The highest BCUT2D eigenvalue weighted by molar-refractivity contribution is 5.53. The Morgan fingerprint density at radius 3 is 2.30 bits per heavy atom. The van der Waals surface area contributed by atoms with E-state index in [9.17, 15) is 0 Å². The third-order valence-corrected chi connectivity index (χ3v) is 3.77. The first-order valence-corrected chi connectivity index (χ1v) is 7.40. The molecule has 108 valence electrons. The Hall–Kier alpha value is -1.54. The van der Waals surface area contributed by atoms with Gasteiger partial charge < -0.3 is 10.2 Å². The van der Waals surface area contributed by atoms with E-state index in [0.717, 1.165) is 31.9 Å². The smallest absolute Gasteiger partial charge is 0.0303 e. The first kappa shape index (κ1) is 14.9. The number of rotatable bonds is 3. The maximum absolute atomic E-state index is 4.16. The van der Waals surface area contributed by atoms with Crippen LogP contribution in [0.1, 0.15) is 31.9 Å². The lowest BCUT2D eigenvalue weighted by atomic mass is 9.87. The van der Waals surface area contributed by atoms with Crippen molar-refractivity contribution < 1.29 is 0 Å². The highest BCUT2D eigenvalue weighted by Gasteiger charge is 2.12. The molecule has 2 rings (SSSR count). The number of nitrogens with one attached hydrogen (secondary N) is 1. The van der Waals surface area contributed by atoms with Crippen molar-refractivity contribution in [1.82, 2.24) is 10.2 Å². The highest BCUT2D eigenvalue weighted by atomic mass is 15.2. The molecule has 1 heterocycles. The van der Waals surface area contributed by atoms with Gasteiger partial charge in [0.25, 0.3) is 0 Å². The van der Waals surface area contributed by atoms with E-state index in [0.29, 0.717) is 0 Å². The van der Waals surface area contributed by atoms with Crippen molar-refractivity contribution in [3.05, 3.63) is 53.7 Å². The number of hydrogen-bond donors (Lipinski definition) is 1. The molecule has 0 bridgehead atoms. The molecule has 0 amide bonds. The zero-order valence-corrected chi connectivity index (χ0v) is 12.9. The fourth-order valence-corrected chi connectivity index (χ4v) is 2.34. The second-order valence-electron chi connectivity index (χ2n) is 6.43. The van der Waals surface area contributed by atoms with Crippen LogP contribution in [-0.4, -0.2) is 31.1 Å². The van der Waals surface area contributed by atoms with Gasteiger partial charge in [0.15, 0.2) is 0 Å². The lowest BCUT2D eigenvalue weighted by Gasteiger charge is -2.29. The summed E-state index contributed by atoms with van der Waals surface area (Å²) in [5.74, 6) is 0. The van der Waals surface area contributed by atoms with Crippen LogP contribution in [-0.2, 0) is 5.41 Å². The normalized spacial score (nSPS) is 16.6. The molecule has 0 spiro atoms. The topological polar surface area (TPSA) is 15.3 Å². The van der Waals surface area contributed by atoms with Crippen molar-refractivity contribution in [3.8, 4) is 0 Å². The molecule has 0 saturated carbocycles. The average molecular weight is 270 g/mol. The summed E-state index contributed by atoms with van der Waals surface area (Å²) in [5.41, 5.74) is 3.92. The standard InChI is InChI=1S/C18H26N2/c1-15(20-13-11-19-12-14-20)5-6-16-7-9-17(10-8-16)18(2,3)4/h5-10,19H,1,11-14H2,2-4H3/b6-5+. The Kier molecular flexibility index (Phi) is 4.66. The van der Waals surface area contributed by atoms with E-state index in [4.69, 9.17) is 0 Å². The van der Waals surface area contributed by atoms with Crippen LogP contribution in [0.25, 0.3) is 6.08 Å². The number of piperazine rings is 1. The van der Waals surface area contributed by atoms with Crippen LogP contribution in [0.5, 0.6) is 0 Å². The first-order valence-electron chi connectivity index (χ1n) is 7.40. The Morgan fingerprint density at radius 2 is 1.75 bits per heavy atom. The first-order chi connectivity index (χ1) is 9.47. The fraction of sp³-hybridized carbons (Fsp3) is 0.444. The molecule has 1 aromatic carbocycles. The lowest BCUT2D eigenvalue weighted by molar-refractivity contribution is 0.308. The second kappa shape index (κ2) is 6.27. The van der Waals surface area contributed by atoms with E-state index in [1.54, 1.807) is 0 Å². The quantitative estimate of drug-likeness (QED) is 0.847. The van der Waals surface area contributed by atoms with Crippen LogP contribution in [0.15, 0.2) is 42.6 Å². The molecule has 0 atom stereocenters. The summed E-state index contributed by atoms with van der Waals surface area (Å²) < 4.78 is 0. The van der Waals surface area contributed by atoms with Gasteiger partial charge in [-0.1, -0.05) is 57.7 Å². The fourth-order valence-electron chi connectivity index (χ4n) is 2.34. The highest BCUT2D eigenvalue weighted by Crippen LogP contribution is 2.22. The van der Waals surface area contributed by atoms with Crippen molar-refractivity contribution in [3.63, 3.8) is 0 Å². The van der Waals surface area contributed by atoms with Crippen molar-refractivity contribution in [2.75, 3.05) is 26.2 Å². The molecule has 20 heavy (non-hydrogen) atoms. The molecule has 2 nitrogen and oxygen atoms in total. The maximum Gasteiger partial charge on any atom is 0.0303 e. The lowest BCUT2D eigenvalue weighted by Crippen LogP contribution is -2.42. The van der Waals surface area contributed by atoms with Gasteiger partial charge in [-0.15, -0.1) is 0 Å². The third kappa shape index (κ3) is 3.97. The summed E-state index contributed by atoms with van der Waals surface area (Å²) in [6.07, 6.45) is 4.27. The van der Waals surface area contributed by atoms with Crippen LogP contribution in [0, 0.1) is 0 Å². The van der Waals surface area contributed by atoms with Crippen LogP contribution in [0.2, 0.25) is 0 Å². The van der Waals surface area contributed by atoms with Gasteiger partial charge in [-0.2, -0.15) is 0 Å². The van der Waals surface area contributed by atoms with E-state index < -0.39 is 0 Å². The summed E-state index contributed by atoms with van der Waals surface area (Å²) in [6.45, 7) is 15.1. The van der Waals surface area contributed by atoms with E-state index in [1.807, 2.05) is 0 Å². The maximum atomic E-state index is 4.16. The molecular formula is C18H26N2. The number of nitrogens with zero attached hydrogens (tertiary/aromatic N) is 1. The van der Waals surface area contributed by atoms with Gasteiger partial charge in [-0.3, -0.25) is 0 Å². The van der Waals surface area contributed by atoms with Gasteiger partial charge >= 0.3 is 0 Å². The molecule has 1 N–H and O–H groups in total. The summed E-state index contributed by atoms with van der Waals surface area (Å²) in [4.78, 5) is 2.33. The Bertz CT molecular complexity index is 471. The van der Waals surface area contributed by atoms with Crippen molar-refractivity contribution in [1.29, 1.82) is 0 Å². The average Bonchev–Trinajstić information content (AvgIpc) is 2.45. The van der Waals surface area contributed by atoms with Gasteiger partial charge in [0, 0.05) is 31.9 Å². The Morgan fingerprint density at radius 1 is 1.15 bits per heavy atom. The summed E-state index contributed by atoms with van der Waals surface area (Å²) in [6, 6.07) is 8.80. The Labute approximate surface area is 123 Å². The predicted octanol–water partition coefficient (Wildman–Crippen LogP) is 3.42. The molecule has 0 radical (unpaired) electrons. The molecule has 1 aromatic rings.